The maximum atomic E-state index is 11.1. The van der Waals surface area contributed by atoms with Crippen LogP contribution < -0.4 is 29.6 Å². The molecule has 0 unspecified atom stereocenters. The van der Waals surface area contributed by atoms with Crippen molar-refractivity contribution in [2.45, 2.75) is 4.90 Å². The maximum absolute atomic E-state index is 11.1. The average Bonchev–Trinajstić information content (AvgIpc) is 3.28. The molecule has 0 saturated heterocycles. The second-order valence-corrected chi connectivity index (χ2v) is 7.42. The van der Waals surface area contributed by atoms with Crippen LogP contribution in [0.3, 0.4) is 0 Å². The van der Waals surface area contributed by atoms with Crippen LogP contribution in [0.15, 0.2) is 71.6 Å². The summed E-state index contributed by atoms with van der Waals surface area (Å²) >= 11 is 0. The normalized spacial score (nSPS) is 12.0. The minimum Gasteiger partial charge on any atom is -0.744 e. The van der Waals surface area contributed by atoms with Gasteiger partial charge in [-0.2, -0.15) is 0 Å². The zero-order valence-corrected chi connectivity index (χ0v) is 17.1. The molecule has 5 rings (SSSR count). The Bertz CT molecular complexity index is 1320. The second kappa shape index (κ2) is 6.15. The van der Waals surface area contributed by atoms with Crippen molar-refractivity contribution >= 4 is 21.2 Å². The third-order valence-corrected chi connectivity index (χ3v) is 5.34. The Morgan fingerprint density at radius 1 is 0.815 bits per heavy atom. The van der Waals surface area contributed by atoms with Gasteiger partial charge in [0, 0.05) is 0 Å². The molecule has 0 fully saturated rings. The van der Waals surface area contributed by atoms with Crippen molar-refractivity contribution < 1.29 is 47.6 Å². The molecule has 0 bridgehead atoms. The number of para-hydroxylation sites is 2. The van der Waals surface area contributed by atoms with E-state index in [0.29, 0.717) is 5.69 Å². The van der Waals surface area contributed by atoms with Crippen LogP contribution in [-0.4, -0.2) is 32.1 Å². The predicted molar refractivity (Wildman–Crippen MR) is 93.9 cm³/mol. The zero-order valence-electron chi connectivity index (χ0n) is 14.3. The summed E-state index contributed by atoms with van der Waals surface area (Å²) in [5, 5.41) is 10.3. The van der Waals surface area contributed by atoms with Crippen molar-refractivity contribution in [1.29, 1.82) is 0 Å². The molecule has 0 spiro atoms. The topological polar surface area (TPSA) is 91.2 Å². The van der Waals surface area contributed by atoms with Gasteiger partial charge in [-0.25, -0.2) is 8.42 Å². The molecule has 9 heteroatoms. The molecule has 130 valence electrons. The van der Waals surface area contributed by atoms with E-state index >= 15 is 0 Å². The van der Waals surface area contributed by atoms with Crippen LogP contribution in [0.5, 0.6) is 5.75 Å². The monoisotopic (exact) mass is 389 g/mol. The van der Waals surface area contributed by atoms with E-state index in [4.69, 9.17) is 0 Å². The SMILES string of the molecule is O=S(=O)([O-])c1ccc(-c2ccc(O)c(-n3n4c5ccccc5n34)c2)cc1.[Na+]. The van der Waals surface area contributed by atoms with E-state index in [1.807, 2.05) is 44.4 Å². The summed E-state index contributed by atoms with van der Waals surface area (Å²) in [6, 6.07) is 18.8. The minimum absolute atomic E-state index is 0. The van der Waals surface area contributed by atoms with Crippen LogP contribution in [0.4, 0.5) is 0 Å². The molecular weight excluding hydrogens is 377 g/mol. The van der Waals surface area contributed by atoms with Gasteiger partial charge in [-0.05, 0) is 47.5 Å². The fourth-order valence-electron chi connectivity index (χ4n) is 3.17. The Labute approximate surface area is 176 Å². The van der Waals surface area contributed by atoms with Crippen LogP contribution >= 0.6 is 0 Å². The van der Waals surface area contributed by atoms with Gasteiger partial charge in [-0.3, -0.25) is 0 Å². The van der Waals surface area contributed by atoms with Gasteiger partial charge in [0.1, 0.15) is 32.6 Å². The largest absolute Gasteiger partial charge is 1.00 e. The first-order valence-electron chi connectivity index (χ1n) is 7.84. The molecule has 2 aromatic heterocycles. The molecule has 1 N–H and O–H groups in total. The van der Waals surface area contributed by atoms with Crippen molar-refractivity contribution in [3.8, 4) is 22.6 Å². The number of aromatic nitrogens is 3. The summed E-state index contributed by atoms with van der Waals surface area (Å²) in [6.45, 7) is 0. The molecule has 0 amide bonds. The van der Waals surface area contributed by atoms with Gasteiger partial charge in [0.25, 0.3) is 0 Å². The second-order valence-electron chi connectivity index (χ2n) is 6.04. The molecule has 5 aromatic rings. The summed E-state index contributed by atoms with van der Waals surface area (Å²) in [6.07, 6.45) is 0. The number of nitrogens with zero attached hydrogens (tertiary/aromatic N) is 3. The molecule has 2 heterocycles. The predicted octanol–water partition coefficient (Wildman–Crippen LogP) is -0.299. The maximum Gasteiger partial charge on any atom is 1.00 e. The van der Waals surface area contributed by atoms with Crippen LogP contribution in [-0.2, 0) is 10.1 Å². The van der Waals surface area contributed by atoms with Gasteiger partial charge in [0.15, 0.2) is 0 Å². The van der Waals surface area contributed by atoms with Crippen LogP contribution in [0, 0.1) is 0 Å². The quantitative estimate of drug-likeness (QED) is 0.339. The molecule has 27 heavy (non-hydrogen) atoms. The number of hydrogen-bond acceptors (Lipinski definition) is 4. The molecule has 7 nitrogen and oxygen atoms in total. The zero-order chi connectivity index (χ0) is 18.1. The van der Waals surface area contributed by atoms with Crippen LogP contribution in [0.2, 0.25) is 0 Å². The molecule has 0 atom stereocenters. The first-order valence-corrected chi connectivity index (χ1v) is 9.24. The number of rotatable bonds is 3. The third kappa shape index (κ3) is 2.77. The Kier molecular flexibility index (Phi) is 4.13. The summed E-state index contributed by atoms with van der Waals surface area (Å²) < 4.78 is 37.0. The number of benzene rings is 3. The number of phenolic OH excluding ortho intramolecular Hbond substituents is 1. The number of fused-ring (bicyclic) bond motifs is 4. The van der Waals surface area contributed by atoms with Gasteiger partial charge in [0.05, 0.1) is 4.90 Å². The smallest absolute Gasteiger partial charge is 0.744 e. The van der Waals surface area contributed by atoms with E-state index in [2.05, 4.69) is 0 Å². The Hall–Kier alpha value is -2.23. The fourth-order valence-corrected chi connectivity index (χ4v) is 3.64. The molecule has 0 saturated carbocycles. The van der Waals surface area contributed by atoms with Gasteiger partial charge in [-0.15, -0.1) is 14.1 Å². The first-order chi connectivity index (χ1) is 12.4. The number of phenols is 1. The van der Waals surface area contributed by atoms with Gasteiger partial charge in [0.2, 0.25) is 0 Å². The number of aromatic hydroxyl groups is 1. The summed E-state index contributed by atoms with van der Waals surface area (Å²) in [5.41, 5.74) is 4.27. The Morgan fingerprint density at radius 3 is 1.93 bits per heavy atom. The van der Waals surface area contributed by atoms with Crippen molar-refractivity contribution in [3.63, 3.8) is 0 Å². The van der Waals surface area contributed by atoms with E-state index in [9.17, 15) is 18.1 Å². The van der Waals surface area contributed by atoms with Crippen molar-refractivity contribution in [2.75, 3.05) is 0 Å². The average molecular weight is 389 g/mol. The first kappa shape index (κ1) is 18.1. The van der Waals surface area contributed by atoms with E-state index in [0.717, 1.165) is 22.2 Å². The van der Waals surface area contributed by atoms with E-state index in [-0.39, 0.29) is 40.2 Å². The molecular formula is C18H12N3NaO4S. The van der Waals surface area contributed by atoms with Crippen molar-refractivity contribution in [2.24, 2.45) is 0 Å². The van der Waals surface area contributed by atoms with E-state index in [1.54, 1.807) is 24.3 Å². The summed E-state index contributed by atoms with van der Waals surface area (Å²) in [4.78, 5) is 1.58. The Balaban J connectivity index is 0.00000180. The van der Waals surface area contributed by atoms with E-state index < -0.39 is 10.1 Å². The summed E-state index contributed by atoms with van der Waals surface area (Å²) in [7, 11) is -4.47. The fraction of sp³-hybridized carbons (Fsp3) is 0. The van der Waals surface area contributed by atoms with Gasteiger partial charge >= 0.3 is 29.6 Å². The minimum atomic E-state index is -4.47. The van der Waals surface area contributed by atoms with Crippen molar-refractivity contribution in [3.05, 3.63) is 66.7 Å². The third-order valence-electron chi connectivity index (χ3n) is 4.49. The molecule has 0 aliphatic rings. The van der Waals surface area contributed by atoms with E-state index in [1.165, 1.54) is 12.1 Å². The van der Waals surface area contributed by atoms with Gasteiger partial charge in [-0.1, -0.05) is 30.3 Å². The van der Waals surface area contributed by atoms with Gasteiger partial charge < -0.3 is 9.66 Å². The Morgan fingerprint density at radius 2 is 1.37 bits per heavy atom. The van der Waals surface area contributed by atoms with Crippen LogP contribution in [0.1, 0.15) is 0 Å². The molecule has 0 aliphatic heterocycles. The summed E-state index contributed by atoms with van der Waals surface area (Å²) in [5.74, 6) is 0.132. The standard InChI is InChI=1S/C18H13N3O4S.Na/c22-18-10-7-13(12-5-8-14(9-6-12)26(23,24)25)11-17(18)21-19-15-3-1-2-4-16(15)20(19)21;/h1-11,22H,(H,23,24,25);/q;+1/p-1. The molecule has 0 radical (unpaired) electrons. The number of hydrogen-bond donors (Lipinski definition) is 1. The molecule has 0 aliphatic carbocycles. The van der Waals surface area contributed by atoms with Crippen LogP contribution in [0.25, 0.3) is 27.8 Å². The molecule has 3 aromatic carbocycles. The van der Waals surface area contributed by atoms with Crippen molar-refractivity contribution in [1.82, 2.24) is 14.1 Å².